The number of ether oxygens (including phenoxy) is 1. The second kappa shape index (κ2) is 8.44. The summed E-state index contributed by atoms with van der Waals surface area (Å²) in [7, 11) is 1.75. The molecule has 2 aromatic carbocycles. The summed E-state index contributed by atoms with van der Waals surface area (Å²) in [5, 5.41) is 4.65. The van der Waals surface area contributed by atoms with E-state index in [2.05, 4.69) is 54.5 Å². The average molecular weight is 389 g/mol. The largest absolute Gasteiger partial charge is 0.497 e. The van der Waals surface area contributed by atoms with Crippen LogP contribution in [0.25, 0.3) is 0 Å². The summed E-state index contributed by atoms with van der Waals surface area (Å²) in [6, 6.07) is 16.8. The van der Waals surface area contributed by atoms with Gasteiger partial charge >= 0.3 is 0 Å². The Bertz CT molecular complexity index is 876. The molecule has 4 rings (SSSR count). The highest BCUT2D eigenvalue weighted by Gasteiger charge is 2.47. The predicted octanol–water partition coefficient (Wildman–Crippen LogP) is 6.43. The summed E-state index contributed by atoms with van der Waals surface area (Å²) >= 11 is 0. The first-order valence-corrected chi connectivity index (χ1v) is 10.8. The van der Waals surface area contributed by atoms with Crippen LogP contribution in [0.15, 0.2) is 66.3 Å². The van der Waals surface area contributed by atoms with Gasteiger partial charge in [-0.1, -0.05) is 37.3 Å². The summed E-state index contributed by atoms with van der Waals surface area (Å²) < 4.78 is 5.45. The zero-order chi connectivity index (χ0) is 20.3. The molecule has 0 amide bonds. The van der Waals surface area contributed by atoms with Gasteiger partial charge in [0.1, 0.15) is 5.75 Å². The lowest BCUT2D eigenvalue weighted by molar-refractivity contribution is 0.0884. The molecule has 152 valence electrons. The number of fused-ring (bicyclic) bond motifs is 3. The molecule has 2 aromatic rings. The lowest BCUT2D eigenvalue weighted by atomic mass is 9.54. The Balaban J connectivity index is 1.56. The lowest BCUT2D eigenvalue weighted by Crippen LogP contribution is -2.43. The maximum absolute atomic E-state index is 5.45. The highest BCUT2D eigenvalue weighted by Crippen LogP contribution is 2.55. The van der Waals surface area contributed by atoms with Crippen LogP contribution in [0.4, 0.5) is 5.69 Å². The number of methoxy groups -OCH3 is 1. The van der Waals surface area contributed by atoms with Crippen LogP contribution >= 0.6 is 0 Å². The SMILES string of the molecule is C=CC[C@H]1[C@@H]2CCc3cc(OC)ccc3[C@H]2CC[C@]1(C)/C=N\Nc1ccccc1. The first kappa shape index (κ1) is 19.8. The summed E-state index contributed by atoms with van der Waals surface area (Å²) in [5.74, 6) is 2.86. The van der Waals surface area contributed by atoms with Gasteiger partial charge in [-0.2, -0.15) is 5.10 Å². The van der Waals surface area contributed by atoms with E-state index in [1.807, 2.05) is 30.3 Å². The van der Waals surface area contributed by atoms with Crippen molar-refractivity contribution in [1.29, 1.82) is 0 Å². The van der Waals surface area contributed by atoms with Crippen molar-refractivity contribution in [1.82, 2.24) is 0 Å². The van der Waals surface area contributed by atoms with E-state index in [-0.39, 0.29) is 5.41 Å². The maximum atomic E-state index is 5.45. The van der Waals surface area contributed by atoms with Crippen molar-refractivity contribution >= 4 is 11.9 Å². The Morgan fingerprint density at radius 2 is 2.03 bits per heavy atom. The molecular weight excluding hydrogens is 356 g/mol. The molecule has 2 aliphatic rings. The van der Waals surface area contributed by atoms with Crippen molar-refractivity contribution in [2.24, 2.45) is 22.4 Å². The molecule has 3 heteroatoms. The van der Waals surface area contributed by atoms with Crippen LogP contribution < -0.4 is 10.2 Å². The van der Waals surface area contributed by atoms with Crippen molar-refractivity contribution in [3.05, 3.63) is 72.3 Å². The second-order valence-corrected chi connectivity index (χ2v) is 8.79. The third-order valence-corrected chi connectivity index (χ3v) is 7.12. The Labute approximate surface area is 174 Å². The Hall–Kier alpha value is -2.55. The fourth-order valence-corrected chi connectivity index (χ4v) is 5.58. The topological polar surface area (TPSA) is 33.6 Å². The van der Waals surface area contributed by atoms with E-state index in [0.717, 1.165) is 30.7 Å². The van der Waals surface area contributed by atoms with Gasteiger partial charge in [0.05, 0.1) is 12.8 Å². The molecule has 0 bridgehead atoms. The summed E-state index contributed by atoms with van der Waals surface area (Å²) in [4.78, 5) is 0. The van der Waals surface area contributed by atoms with E-state index >= 15 is 0 Å². The molecule has 1 N–H and O–H groups in total. The molecule has 0 aliphatic heterocycles. The van der Waals surface area contributed by atoms with Crippen molar-refractivity contribution < 1.29 is 4.74 Å². The number of rotatable bonds is 6. The van der Waals surface area contributed by atoms with Gasteiger partial charge in [-0.05, 0) is 85.3 Å². The van der Waals surface area contributed by atoms with Crippen LogP contribution in [-0.4, -0.2) is 13.3 Å². The normalized spacial score (nSPS) is 28.4. The van der Waals surface area contributed by atoms with Gasteiger partial charge in [0.2, 0.25) is 0 Å². The van der Waals surface area contributed by atoms with Gasteiger partial charge in [-0.15, -0.1) is 6.58 Å². The number of nitrogens with zero attached hydrogens (tertiary/aromatic N) is 1. The summed E-state index contributed by atoms with van der Waals surface area (Å²) in [6.45, 7) is 6.46. The lowest BCUT2D eigenvalue weighted by Gasteiger charge is -2.50. The third kappa shape index (κ3) is 3.96. The first-order valence-electron chi connectivity index (χ1n) is 10.8. The molecule has 0 radical (unpaired) electrons. The van der Waals surface area contributed by atoms with E-state index in [0.29, 0.717) is 17.8 Å². The Kier molecular flexibility index (Phi) is 5.75. The standard InChI is InChI=1S/C26H32N2O/c1-4-8-25-24-13-11-19-17-21(29-3)12-14-22(19)23(24)15-16-26(25,2)18-27-28-20-9-6-5-7-10-20/h4-7,9-10,12,14,17-18,23-25,28H,1,8,11,13,15-16H2,2-3H3/b27-18-/t23-,24-,25+,26-/m1/s1. The van der Waals surface area contributed by atoms with E-state index in [4.69, 9.17) is 4.74 Å². The molecule has 29 heavy (non-hydrogen) atoms. The highest BCUT2D eigenvalue weighted by molar-refractivity contribution is 5.67. The van der Waals surface area contributed by atoms with Crippen LogP contribution in [0.2, 0.25) is 0 Å². The summed E-state index contributed by atoms with van der Waals surface area (Å²) in [5.41, 5.74) is 7.34. The number of anilines is 1. The molecule has 0 saturated heterocycles. The highest BCUT2D eigenvalue weighted by atomic mass is 16.5. The van der Waals surface area contributed by atoms with Crippen LogP contribution in [0.1, 0.15) is 49.7 Å². The van der Waals surface area contributed by atoms with E-state index in [1.165, 1.54) is 24.0 Å². The molecule has 1 saturated carbocycles. The van der Waals surface area contributed by atoms with Gasteiger partial charge in [0.25, 0.3) is 0 Å². The van der Waals surface area contributed by atoms with Gasteiger partial charge in [0.15, 0.2) is 0 Å². The molecule has 3 nitrogen and oxygen atoms in total. The molecule has 4 atom stereocenters. The zero-order valence-corrected chi connectivity index (χ0v) is 17.6. The van der Waals surface area contributed by atoms with Gasteiger partial charge < -0.3 is 4.74 Å². The van der Waals surface area contributed by atoms with Crippen molar-refractivity contribution in [3.8, 4) is 5.75 Å². The average Bonchev–Trinajstić information content (AvgIpc) is 2.76. The first-order chi connectivity index (χ1) is 14.1. The fourth-order valence-electron chi connectivity index (χ4n) is 5.58. The predicted molar refractivity (Wildman–Crippen MR) is 122 cm³/mol. The minimum Gasteiger partial charge on any atom is -0.497 e. The fraction of sp³-hybridized carbons (Fsp3) is 0.423. The number of hydrazone groups is 1. The quantitative estimate of drug-likeness (QED) is 0.351. The monoisotopic (exact) mass is 388 g/mol. The smallest absolute Gasteiger partial charge is 0.119 e. The molecule has 0 spiro atoms. The Morgan fingerprint density at radius 3 is 2.79 bits per heavy atom. The van der Waals surface area contributed by atoms with Crippen molar-refractivity contribution in [2.45, 2.75) is 44.9 Å². The number of nitrogens with one attached hydrogen (secondary N) is 1. The number of benzene rings is 2. The van der Waals surface area contributed by atoms with Gasteiger partial charge in [0, 0.05) is 11.6 Å². The third-order valence-electron chi connectivity index (χ3n) is 7.12. The van der Waals surface area contributed by atoms with E-state index in [9.17, 15) is 0 Å². The molecule has 0 aromatic heterocycles. The molecule has 2 aliphatic carbocycles. The van der Waals surface area contributed by atoms with Crippen LogP contribution in [0, 0.1) is 17.3 Å². The van der Waals surface area contributed by atoms with Gasteiger partial charge in [-0.3, -0.25) is 5.43 Å². The number of hydrogen-bond donors (Lipinski definition) is 1. The maximum Gasteiger partial charge on any atom is 0.119 e. The second-order valence-electron chi connectivity index (χ2n) is 8.79. The van der Waals surface area contributed by atoms with Gasteiger partial charge in [-0.25, -0.2) is 0 Å². The number of allylic oxidation sites excluding steroid dienone is 1. The molecule has 0 unspecified atom stereocenters. The van der Waals surface area contributed by atoms with E-state index in [1.54, 1.807) is 7.11 Å². The minimum atomic E-state index is 0.0844. The number of para-hydroxylation sites is 1. The minimum absolute atomic E-state index is 0.0844. The molecule has 0 heterocycles. The van der Waals surface area contributed by atoms with Crippen LogP contribution in [0.3, 0.4) is 0 Å². The Morgan fingerprint density at radius 1 is 1.21 bits per heavy atom. The van der Waals surface area contributed by atoms with Crippen molar-refractivity contribution in [3.63, 3.8) is 0 Å². The van der Waals surface area contributed by atoms with Crippen LogP contribution in [-0.2, 0) is 6.42 Å². The van der Waals surface area contributed by atoms with Crippen LogP contribution in [0.5, 0.6) is 5.75 Å². The zero-order valence-electron chi connectivity index (χ0n) is 17.6. The summed E-state index contributed by atoms with van der Waals surface area (Å²) in [6.07, 6.45) is 10.1. The molecule has 1 fully saturated rings. The van der Waals surface area contributed by atoms with E-state index < -0.39 is 0 Å². The van der Waals surface area contributed by atoms with Crippen molar-refractivity contribution in [2.75, 3.05) is 12.5 Å². The number of aryl methyl sites for hydroxylation is 1. The molecular formula is C26H32N2O. The number of hydrogen-bond acceptors (Lipinski definition) is 3.